The Morgan fingerprint density at radius 3 is 2.67 bits per heavy atom. The first-order valence-electron chi connectivity index (χ1n) is 5.03. The van der Waals surface area contributed by atoms with Crippen LogP contribution in [0.5, 0.6) is 0 Å². The number of ether oxygens (including phenoxy) is 1. The Bertz CT molecular complexity index is 329. The van der Waals surface area contributed by atoms with Gasteiger partial charge in [0.2, 0.25) is 0 Å². The molecular weight excluding hydrogens is 192 g/mol. The molecule has 1 aromatic rings. The number of hydrogen-bond acceptors (Lipinski definition) is 2. The molecule has 82 valence electrons. The van der Waals surface area contributed by atoms with Crippen LogP contribution in [0.1, 0.15) is 29.3 Å². The van der Waals surface area contributed by atoms with Crippen molar-refractivity contribution in [1.82, 2.24) is 0 Å². The smallest absolute Gasteiger partial charge is 0.335 e. The van der Waals surface area contributed by atoms with Crippen LogP contribution in [-0.2, 0) is 11.2 Å². The van der Waals surface area contributed by atoms with Gasteiger partial charge in [-0.25, -0.2) is 4.79 Å². The molecule has 0 saturated heterocycles. The fraction of sp³-hybridized carbons (Fsp3) is 0.417. The van der Waals surface area contributed by atoms with Crippen molar-refractivity contribution in [2.24, 2.45) is 0 Å². The Balaban J connectivity index is 2.88. The van der Waals surface area contributed by atoms with E-state index in [4.69, 9.17) is 9.84 Å². The topological polar surface area (TPSA) is 46.5 Å². The zero-order valence-electron chi connectivity index (χ0n) is 9.06. The Kier molecular flexibility index (Phi) is 4.31. The summed E-state index contributed by atoms with van der Waals surface area (Å²) in [4.78, 5) is 10.9. The second-order valence-corrected chi connectivity index (χ2v) is 3.43. The first-order chi connectivity index (χ1) is 7.19. The maximum atomic E-state index is 10.9. The molecule has 15 heavy (non-hydrogen) atoms. The summed E-state index contributed by atoms with van der Waals surface area (Å²) in [6.45, 7) is 2.03. The minimum absolute atomic E-state index is 0.0884. The Labute approximate surface area is 89.7 Å². The molecular formula is C12H16O3. The highest BCUT2D eigenvalue weighted by molar-refractivity contribution is 5.89. The van der Waals surface area contributed by atoms with E-state index in [0.717, 1.165) is 12.0 Å². The van der Waals surface area contributed by atoms with Gasteiger partial charge in [-0.3, -0.25) is 0 Å². The highest BCUT2D eigenvalue weighted by Crippen LogP contribution is 2.13. The molecule has 3 nitrogen and oxygen atoms in total. The summed E-state index contributed by atoms with van der Waals surface area (Å²) in [6.07, 6.45) is 1.62. The molecule has 1 N–H and O–H groups in total. The van der Waals surface area contributed by atoms with Crippen molar-refractivity contribution in [2.45, 2.75) is 25.9 Å². The lowest BCUT2D eigenvalue weighted by molar-refractivity contribution is 0.0692. The first kappa shape index (κ1) is 11.7. The molecule has 1 rings (SSSR count). The minimum atomic E-state index is -0.878. The van der Waals surface area contributed by atoms with E-state index >= 15 is 0 Å². The van der Waals surface area contributed by atoms with Gasteiger partial charge in [0, 0.05) is 7.11 Å². The monoisotopic (exact) mass is 208 g/mol. The van der Waals surface area contributed by atoms with Gasteiger partial charge < -0.3 is 9.84 Å². The van der Waals surface area contributed by atoms with Gasteiger partial charge in [-0.05, 0) is 24.5 Å². The molecule has 1 aromatic carbocycles. The summed E-state index contributed by atoms with van der Waals surface area (Å²) in [7, 11) is 1.65. The molecule has 3 heteroatoms. The minimum Gasteiger partial charge on any atom is -0.478 e. The molecule has 0 bridgehead atoms. The summed E-state index contributed by atoms with van der Waals surface area (Å²) in [5.41, 5.74) is 1.20. The van der Waals surface area contributed by atoms with E-state index < -0.39 is 5.97 Å². The third-order valence-corrected chi connectivity index (χ3v) is 2.48. The average molecular weight is 208 g/mol. The van der Waals surface area contributed by atoms with Crippen LogP contribution >= 0.6 is 0 Å². The van der Waals surface area contributed by atoms with Crippen molar-refractivity contribution in [3.05, 3.63) is 35.4 Å². The molecule has 1 unspecified atom stereocenters. The number of aromatic carboxylic acids is 1. The third kappa shape index (κ3) is 3.06. The van der Waals surface area contributed by atoms with Gasteiger partial charge >= 0.3 is 5.97 Å². The van der Waals surface area contributed by atoms with E-state index in [1.807, 2.05) is 19.1 Å². The van der Waals surface area contributed by atoms with E-state index in [0.29, 0.717) is 12.0 Å². The van der Waals surface area contributed by atoms with Crippen LogP contribution in [-0.4, -0.2) is 24.3 Å². The molecule has 0 saturated carbocycles. The van der Waals surface area contributed by atoms with Crippen LogP contribution in [0.15, 0.2) is 24.3 Å². The van der Waals surface area contributed by atoms with Crippen molar-refractivity contribution in [2.75, 3.05) is 7.11 Å². The van der Waals surface area contributed by atoms with Crippen LogP contribution in [0.3, 0.4) is 0 Å². The SMILES string of the molecule is CCC(Cc1ccccc1C(=O)O)OC. The molecule has 0 radical (unpaired) electrons. The van der Waals surface area contributed by atoms with Crippen molar-refractivity contribution in [3.63, 3.8) is 0 Å². The lowest BCUT2D eigenvalue weighted by atomic mass is 10.0. The summed E-state index contributed by atoms with van der Waals surface area (Å²) >= 11 is 0. The van der Waals surface area contributed by atoms with Gasteiger partial charge in [-0.1, -0.05) is 25.1 Å². The normalized spacial score (nSPS) is 12.4. The second kappa shape index (κ2) is 5.51. The second-order valence-electron chi connectivity index (χ2n) is 3.43. The van der Waals surface area contributed by atoms with Gasteiger partial charge in [-0.2, -0.15) is 0 Å². The number of carboxylic acids is 1. The molecule has 0 aliphatic rings. The highest BCUT2D eigenvalue weighted by atomic mass is 16.5. The lowest BCUT2D eigenvalue weighted by Gasteiger charge is -2.14. The van der Waals surface area contributed by atoms with Crippen molar-refractivity contribution in [3.8, 4) is 0 Å². The quantitative estimate of drug-likeness (QED) is 0.808. The van der Waals surface area contributed by atoms with Crippen molar-refractivity contribution in [1.29, 1.82) is 0 Å². The van der Waals surface area contributed by atoms with Crippen molar-refractivity contribution < 1.29 is 14.6 Å². The van der Waals surface area contributed by atoms with Crippen LogP contribution in [0.4, 0.5) is 0 Å². The summed E-state index contributed by atoms with van der Waals surface area (Å²) in [5, 5.41) is 8.98. The molecule has 0 aromatic heterocycles. The Morgan fingerprint density at radius 2 is 2.13 bits per heavy atom. The standard InChI is InChI=1S/C12H16O3/c1-3-10(15-2)8-9-6-4-5-7-11(9)12(13)14/h4-7,10H,3,8H2,1-2H3,(H,13,14). The summed E-state index contributed by atoms with van der Waals surface area (Å²) in [5.74, 6) is -0.878. The first-order valence-corrected chi connectivity index (χ1v) is 5.03. The Morgan fingerprint density at radius 1 is 1.47 bits per heavy atom. The van der Waals surface area contributed by atoms with Crippen LogP contribution in [0, 0.1) is 0 Å². The number of carboxylic acid groups (broad SMARTS) is 1. The van der Waals surface area contributed by atoms with Crippen molar-refractivity contribution >= 4 is 5.97 Å². The molecule has 0 heterocycles. The van der Waals surface area contributed by atoms with E-state index in [2.05, 4.69) is 0 Å². The highest BCUT2D eigenvalue weighted by Gasteiger charge is 2.12. The lowest BCUT2D eigenvalue weighted by Crippen LogP contribution is -2.15. The fourth-order valence-corrected chi connectivity index (χ4v) is 1.55. The zero-order valence-corrected chi connectivity index (χ0v) is 9.06. The van der Waals surface area contributed by atoms with Crippen LogP contribution < -0.4 is 0 Å². The van der Waals surface area contributed by atoms with Crippen LogP contribution in [0.25, 0.3) is 0 Å². The number of benzene rings is 1. The average Bonchev–Trinajstić information content (AvgIpc) is 2.26. The molecule has 1 atom stereocenters. The molecule has 0 fully saturated rings. The maximum Gasteiger partial charge on any atom is 0.335 e. The van der Waals surface area contributed by atoms with Gasteiger partial charge in [-0.15, -0.1) is 0 Å². The number of hydrogen-bond donors (Lipinski definition) is 1. The molecule has 0 aliphatic carbocycles. The Hall–Kier alpha value is -1.35. The van der Waals surface area contributed by atoms with Gasteiger partial charge in [0.15, 0.2) is 0 Å². The summed E-state index contributed by atoms with van der Waals surface area (Å²) < 4.78 is 5.25. The van der Waals surface area contributed by atoms with E-state index in [9.17, 15) is 4.79 Å². The predicted octanol–water partition coefficient (Wildman–Crippen LogP) is 2.35. The third-order valence-electron chi connectivity index (χ3n) is 2.48. The zero-order chi connectivity index (χ0) is 11.3. The van der Waals surface area contributed by atoms with Gasteiger partial charge in [0.05, 0.1) is 11.7 Å². The maximum absolute atomic E-state index is 10.9. The van der Waals surface area contributed by atoms with E-state index in [1.165, 1.54) is 0 Å². The number of rotatable bonds is 5. The fourth-order valence-electron chi connectivity index (χ4n) is 1.55. The number of methoxy groups -OCH3 is 1. The predicted molar refractivity (Wildman–Crippen MR) is 58.2 cm³/mol. The van der Waals surface area contributed by atoms with E-state index in [1.54, 1.807) is 19.2 Å². The molecule has 0 amide bonds. The largest absolute Gasteiger partial charge is 0.478 e. The summed E-state index contributed by atoms with van der Waals surface area (Å²) in [6, 6.07) is 7.05. The molecule has 0 aliphatic heterocycles. The van der Waals surface area contributed by atoms with Gasteiger partial charge in [0.25, 0.3) is 0 Å². The van der Waals surface area contributed by atoms with E-state index in [-0.39, 0.29) is 6.10 Å². The molecule has 0 spiro atoms. The van der Waals surface area contributed by atoms with Gasteiger partial charge in [0.1, 0.15) is 0 Å². The number of carbonyl (C=O) groups is 1. The van der Waals surface area contributed by atoms with Crippen LogP contribution in [0.2, 0.25) is 0 Å².